The van der Waals surface area contributed by atoms with Crippen LogP contribution in [0.15, 0.2) is 0 Å². The Balaban J connectivity index is 1.90. The average molecular weight is 256 g/mol. The van der Waals surface area contributed by atoms with Crippen molar-refractivity contribution < 1.29 is 19.4 Å². The van der Waals surface area contributed by atoms with E-state index in [2.05, 4.69) is 0 Å². The fraction of sp³-hybridized carbons (Fsp3) is 0.833. The molecule has 2 aliphatic rings. The molecule has 1 aliphatic carbocycles. The normalized spacial score (nSPS) is 20.9. The minimum atomic E-state index is -0.903. The third-order valence-corrected chi connectivity index (χ3v) is 3.69. The standard InChI is InChI=1S/C12H20N2O4/c1-2-3-8-18-11(17)14-7-6-13(10(15)16)9-12(14)4-5-12/h2-9H2,1H3,(H,15,16). The summed E-state index contributed by atoms with van der Waals surface area (Å²) in [6.45, 7) is 3.73. The number of ether oxygens (including phenoxy) is 1. The van der Waals surface area contributed by atoms with E-state index < -0.39 is 6.09 Å². The minimum absolute atomic E-state index is 0.278. The molecular weight excluding hydrogens is 236 g/mol. The predicted molar refractivity (Wildman–Crippen MR) is 64.5 cm³/mol. The van der Waals surface area contributed by atoms with Gasteiger partial charge in [-0.05, 0) is 19.3 Å². The summed E-state index contributed by atoms with van der Waals surface area (Å²) in [6.07, 6.45) is 2.42. The SMILES string of the molecule is CCCCOC(=O)N1CCN(C(=O)O)CC12CC2. The monoisotopic (exact) mass is 256 g/mol. The van der Waals surface area contributed by atoms with Crippen LogP contribution in [-0.4, -0.2) is 58.9 Å². The number of nitrogens with zero attached hydrogens (tertiary/aromatic N) is 2. The van der Waals surface area contributed by atoms with Crippen molar-refractivity contribution in [2.24, 2.45) is 0 Å². The lowest BCUT2D eigenvalue weighted by molar-refractivity contribution is 0.0371. The van der Waals surface area contributed by atoms with E-state index >= 15 is 0 Å². The number of carbonyl (C=O) groups is 2. The molecule has 1 heterocycles. The quantitative estimate of drug-likeness (QED) is 0.781. The summed E-state index contributed by atoms with van der Waals surface area (Å²) in [4.78, 5) is 26.0. The summed E-state index contributed by atoms with van der Waals surface area (Å²) in [5.74, 6) is 0. The summed E-state index contributed by atoms with van der Waals surface area (Å²) in [6, 6.07) is 0. The van der Waals surface area contributed by atoms with E-state index in [0.29, 0.717) is 26.2 Å². The minimum Gasteiger partial charge on any atom is -0.465 e. The van der Waals surface area contributed by atoms with Crippen LogP contribution in [0, 0.1) is 0 Å². The molecule has 2 rings (SSSR count). The van der Waals surface area contributed by atoms with E-state index in [0.717, 1.165) is 25.7 Å². The van der Waals surface area contributed by atoms with Crippen LogP contribution in [0.5, 0.6) is 0 Å². The fourth-order valence-corrected chi connectivity index (χ4v) is 2.38. The summed E-state index contributed by atoms with van der Waals surface area (Å²) in [7, 11) is 0. The highest BCUT2D eigenvalue weighted by Crippen LogP contribution is 2.44. The van der Waals surface area contributed by atoms with Crippen molar-refractivity contribution >= 4 is 12.2 Å². The lowest BCUT2D eigenvalue weighted by Crippen LogP contribution is -2.58. The van der Waals surface area contributed by atoms with Crippen LogP contribution in [0.4, 0.5) is 9.59 Å². The van der Waals surface area contributed by atoms with E-state index in [1.165, 1.54) is 4.90 Å². The molecule has 0 radical (unpaired) electrons. The second-order valence-electron chi connectivity index (χ2n) is 5.05. The van der Waals surface area contributed by atoms with E-state index in [1.54, 1.807) is 4.90 Å². The van der Waals surface area contributed by atoms with E-state index in [4.69, 9.17) is 9.84 Å². The van der Waals surface area contributed by atoms with Crippen molar-refractivity contribution in [1.82, 2.24) is 9.80 Å². The number of unbranched alkanes of at least 4 members (excludes halogenated alkanes) is 1. The van der Waals surface area contributed by atoms with Gasteiger partial charge in [0.05, 0.1) is 12.1 Å². The van der Waals surface area contributed by atoms with Gasteiger partial charge in [0, 0.05) is 19.6 Å². The fourth-order valence-electron chi connectivity index (χ4n) is 2.38. The van der Waals surface area contributed by atoms with Crippen LogP contribution in [0.3, 0.4) is 0 Å². The Labute approximate surface area is 106 Å². The molecule has 1 N–H and O–H groups in total. The molecule has 0 bridgehead atoms. The number of rotatable bonds is 3. The van der Waals surface area contributed by atoms with Crippen molar-refractivity contribution in [2.75, 3.05) is 26.2 Å². The maximum absolute atomic E-state index is 11.9. The number of carboxylic acid groups (broad SMARTS) is 1. The molecular formula is C12H20N2O4. The summed E-state index contributed by atoms with van der Waals surface area (Å²) in [5, 5.41) is 8.99. The Bertz CT molecular complexity index is 341. The highest BCUT2D eigenvalue weighted by molar-refractivity contribution is 5.71. The molecule has 6 nitrogen and oxygen atoms in total. The van der Waals surface area contributed by atoms with Crippen molar-refractivity contribution in [3.63, 3.8) is 0 Å². The first-order valence-corrected chi connectivity index (χ1v) is 6.51. The van der Waals surface area contributed by atoms with Crippen LogP contribution in [0.2, 0.25) is 0 Å². The number of piperazine rings is 1. The Morgan fingerprint density at radius 3 is 2.61 bits per heavy atom. The van der Waals surface area contributed by atoms with Gasteiger partial charge in [0.25, 0.3) is 0 Å². The van der Waals surface area contributed by atoms with Gasteiger partial charge in [0.2, 0.25) is 0 Å². The van der Waals surface area contributed by atoms with Crippen LogP contribution < -0.4 is 0 Å². The molecule has 1 aliphatic heterocycles. The molecule has 0 atom stereocenters. The van der Waals surface area contributed by atoms with Crippen LogP contribution in [-0.2, 0) is 4.74 Å². The zero-order valence-corrected chi connectivity index (χ0v) is 10.7. The second-order valence-corrected chi connectivity index (χ2v) is 5.05. The van der Waals surface area contributed by atoms with E-state index in [1.807, 2.05) is 6.92 Å². The van der Waals surface area contributed by atoms with Gasteiger partial charge in [-0.1, -0.05) is 13.3 Å². The highest BCUT2D eigenvalue weighted by atomic mass is 16.6. The Morgan fingerprint density at radius 2 is 2.06 bits per heavy atom. The molecule has 102 valence electrons. The molecule has 0 aromatic heterocycles. The smallest absolute Gasteiger partial charge is 0.410 e. The van der Waals surface area contributed by atoms with Crippen molar-refractivity contribution in [2.45, 2.75) is 38.1 Å². The molecule has 0 aromatic rings. The van der Waals surface area contributed by atoms with E-state index in [9.17, 15) is 9.59 Å². The summed E-state index contributed by atoms with van der Waals surface area (Å²) in [5.41, 5.74) is -0.278. The number of amides is 2. The Kier molecular flexibility index (Phi) is 3.63. The molecule has 18 heavy (non-hydrogen) atoms. The largest absolute Gasteiger partial charge is 0.465 e. The second kappa shape index (κ2) is 5.04. The van der Waals surface area contributed by atoms with E-state index in [-0.39, 0.29) is 11.6 Å². The van der Waals surface area contributed by atoms with Crippen LogP contribution in [0.1, 0.15) is 32.6 Å². The van der Waals surface area contributed by atoms with Crippen LogP contribution in [0.25, 0.3) is 0 Å². The van der Waals surface area contributed by atoms with Crippen molar-refractivity contribution in [1.29, 1.82) is 0 Å². The first-order valence-electron chi connectivity index (χ1n) is 6.51. The Hall–Kier alpha value is -1.46. The van der Waals surface area contributed by atoms with Gasteiger partial charge in [0.15, 0.2) is 0 Å². The van der Waals surface area contributed by atoms with Gasteiger partial charge in [-0.2, -0.15) is 0 Å². The van der Waals surface area contributed by atoms with Crippen molar-refractivity contribution in [3.05, 3.63) is 0 Å². The third-order valence-electron chi connectivity index (χ3n) is 3.69. The molecule has 1 saturated heterocycles. The Morgan fingerprint density at radius 1 is 1.33 bits per heavy atom. The molecule has 1 spiro atoms. The summed E-state index contributed by atoms with van der Waals surface area (Å²) < 4.78 is 5.21. The molecule has 0 unspecified atom stereocenters. The van der Waals surface area contributed by atoms with Gasteiger partial charge in [-0.15, -0.1) is 0 Å². The van der Waals surface area contributed by atoms with Crippen molar-refractivity contribution in [3.8, 4) is 0 Å². The third kappa shape index (κ3) is 2.52. The first kappa shape index (κ1) is 13.0. The van der Waals surface area contributed by atoms with Gasteiger partial charge in [-0.25, -0.2) is 9.59 Å². The molecule has 1 saturated carbocycles. The number of hydrogen-bond acceptors (Lipinski definition) is 3. The zero-order chi connectivity index (χ0) is 13.2. The maximum atomic E-state index is 11.9. The molecule has 0 aromatic carbocycles. The molecule has 6 heteroatoms. The van der Waals surface area contributed by atoms with Gasteiger partial charge >= 0.3 is 12.2 Å². The van der Waals surface area contributed by atoms with Gasteiger partial charge < -0.3 is 14.7 Å². The zero-order valence-electron chi connectivity index (χ0n) is 10.7. The topological polar surface area (TPSA) is 70.1 Å². The maximum Gasteiger partial charge on any atom is 0.410 e. The van der Waals surface area contributed by atoms with Crippen LogP contribution >= 0.6 is 0 Å². The lowest BCUT2D eigenvalue weighted by Gasteiger charge is -2.40. The average Bonchev–Trinajstić information content (AvgIpc) is 3.09. The number of hydrogen-bond donors (Lipinski definition) is 1. The van der Waals surface area contributed by atoms with Gasteiger partial charge in [-0.3, -0.25) is 4.90 Å². The highest BCUT2D eigenvalue weighted by Gasteiger charge is 2.54. The lowest BCUT2D eigenvalue weighted by atomic mass is 10.1. The number of carbonyl (C=O) groups excluding carboxylic acids is 1. The van der Waals surface area contributed by atoms with Gasteiger partial charge in [0.1, 0.15) is 0 Å². The molecule has 2 amide bonds. The summed E-state index contributed by atoms with van der Waals surface area (Å²) >= 11 is 0. The first-order chi connectivity index (χ1) is 8.59. The predicted octanol–water partition coefficient (Wildman–Crippen LogP) is 1.75. The molecule has 2 fully saturated rings.